The molecule has 0 unspecified atom stereocenters. The first-order valence-electron chi connectivity index (χ1n) is 8.22. The van der Waals surface area contributed by atoms with E-state index >= 15 is 0 Å². The molecular formula is C19H20FIN2O2. The van der Waals surface area contributed by atoms with Gasteiger partial charge in [-0.2, -0.15) is 0 Å². The second-order valence-corrected chi connectivity index (χ2v) is 7.22. The number of halogens is 2. The summed E-state index contributed by atoms with van der Waals surface area (Å²) >= 11 is 1.99. The minimum absolute atomic E-state index is 0.132. The van der Waals surface area contributed by atoms with E-state index in [9.17, 15) is 9.18 Å². The highest BCUT2D eigenvalue weighted by Crippen LogP contribution is 2.23. The molecule has 1 heterocycles. The average Bonchev–Trinajstić information content (AvgIpc) is 2.62. The summed E-state index contributed by atoms with van der Waals surface area (Å²) in [5.41, 5.74) is 1.69. The molecule has 1 N–H and O–H groups in total. The van der Waals surface area contributed by atoms with E-state index in [1.54, 1.807) is 13.2 Å². The van der Waals surface area contributed by atoms with Crippen molar-refractivity contribution in [3.05, 3.63) is 57.4 Å². The van der Waals surface area contributed by atoms with Crippen LogP contribution in [0.3, 0.4) is 0 Å². The van der Waals surface area contributed by atoms with Crippen molar-refractivity contribution in [1.82, 2.24) is 5.32 Å². The van der Waals surface area contributed by atoms with Crippen molar-refractivity contribution in [3.8, 4) is 5.75 Å². The molecule has 0 aromatic heterocycles. The predicted molar refractivity (Wildman–Crippen MR) is 105 cm³/mol. The summed E-state index contributed by atoms with van der Waals surface area (Å²) in [5, 5.41) is 3.07. The van der Waals surface area contributed by atoms with Crippen LogP contribution in [0, 0.1) is 9.39 Å². The Kier molecular flexibility index (Phi) is 5.78. The Morgan fingerprint density at radius 1 is 1.20 bits per heavy atom. The molecule has 25 heavy (non-hydrogen) atoms. The van der Waals surface area contributed by atoms with Gasteiger partial charge in [-0.05, 0) is 77.9 Å². The highest BCUT2D eigenvalue weighted by molar-refractivity contribution is 14.1. The standard InChI is InChI=1S/C19H20FIN2O2/c1-25-16-5-3-15(4-6-16)23-10-8-14(9-11-23)22-19(24)17-7-2-13(20)12-18(17)21/h2-7,12,14H,8-11H2,1H3,(H,22,24). The second-order valence-electron chi connectivity index (χ2n) is 6.06. The van der Waals surface area contributed by atoms with E-state index in [0.29, 0.717) is 9.13 Å². The van der Waals surface area contributed by atoms with Gasteiger partial charge in [-0.3, -0.25) is 4.79 Å². The molecular weight excluding hydrogens is 434 g/mol. The monoisotopic (exact) mass is 454 g/mol. The number of methoxy groups -OCH3 is 1. The number of nitrogens with one attached hydrogen (secondary N) is 1. The maximum absolute atomic E-state index is 13.2. The number of ether oxygens (including phenoxy) is 1. The Morgan fingerprint density at radius 3 is 2.48 bits per heavy atom. The molecule has 1 fully saturated rings. The minimum atomic E-state index is -0.325. The summed E-state index contributed by atoms with van der Waals surface area (Å²) in [6.07, 6.45) is 1.77. The van der Waals surface area contributed by atoms with Gasteiger partial charge in [-0.1, -0.05) is 0 Å². The topological polar surface area (TPSA) is 41.6 Å². The Balaban J connectivity index is 1.56. The lowest BCUT2D eigenvalue weighted by Crippen LogP contribution is -2.44. The molecule has 1 aliphatic heterocycles. The lowest BCUT2D eigenvalue weighted by atomic mass is 10.0. The van der Waals surface area contributed by atoms with Gasteiger partial charge in [0.25, 0.3) is 5.91 Å². The third kappa shape index (κ3) is 4.42. The maximum atomic E-state index is 13.2. The fourth-order valence-electron chi connectivity index (χ4n) is 3.01. The largest absolute Gasteiger partial charge is 0.497 e. The number of nitrogens with zero attached hydrogens (tertiary/aromatic N) is 1. The number of rotatable bonds is 4. The van der Waals surface area contributed by atoms with Gasteiger partial charge < -0.3 is 15.0 Å². The van der Waals surface area contributed by atoms with E-state index in [4.69, 9.17) is 4.74 Å². The number of piperidine rings is 1. The number of amides is 1. The summed E-state index contributed by atoms with van der Waals surface area (Å²) in [6, 6.07) is 12.4. The molecule has 0 atom stereocenters. The Morgan fingerprint density at radius 2 is 1.88 bits per heavy atom. The van der Waals surface area contributed by atoms with E-state index in [1.807, 2.05) is 34.7 Å². The van der Waals surface area contributed by atoms with Gasteiger partial charge in [-0.15, -0.1) is 0 Å². The number of hydrogen-bond acceptors (Lipinski definition) is 3. The zero-order valence-corrected chi connectivity index (χ0v) is 16.1. The molecule has 0 saturated carbocycles. The summed E-state index contributed by atoms with van der Waals surface area (Å²) in [5.74, 6) is 0.390. The van der Waals surface area contributed by atoms with Crippen molar-refractivity contribution in [1.29, 1.82) is 0 Å². The Hall–Kier alpha value is -1.83. The number of carbonyl (C=O) groups excluding carboxylic acids is 1. The fourth-order valence-corrected chi connectivity index (χ4v) is 3.73. The first-order valence-corrected chi connectivity index (χ1v) is 9.29. The highest BCUT2D eigenvalue weighted by atomic mass is 127. The van der Waals surface area contributed by atoms with Crippen LogP contribution in [0.5, 0.6) is 5.75 Å². The van der Waals surface area contributed by atoms with Crippen molar-refractivity contribution >= 4 is 34.2 Å². The van der Waals surface area contributed by atoms with Crippen LogP contribution < -0.4 is 15.0 Å². The molecule has 2 aromatic rings. The molecule has 0 aliphatic carbocycles. The first kappa shape index (κ1) is 18.0. The minimum Gasteiger partial charge on any atom is -0.497 e. The van der Waals surface area contributed by atoms with E-state index in [0.717, 1.165) is 31.7 Å². The molecule has 132 valence electrons. The van der Waals surface area contributed by atoms with Crippen LogP contribution in [0.15, 0.2) is 42.5 Å². The zero-order valence-electron chi connectivity index (χ0n) is 14.0. The first-order chi connectivity index (χ1) is 12.1. The van der Waals surface area contributed by atoms with Crippen LogP contribution in [0.1, 0.15) is 23.2 Å². The molecule has 1 aliphatic rings. The van der Waals surface area contributed by atoms with E-state index < -0.39 is 0 Å². The number of anilines is 1. The third-order valence-electron chi connectivity index (χ3n) is 4.44. The van der Waals surface area contributed by atoms with E-state index in [2.05, 4.69) is 22.3 Å². The molecule has 0 bridgehead atoms. The number of benzene rings is 2. The predicted octanol–water partition coefficient (Wildman–Crippen LogP) is 3.84. The summed E-state index contributed by atoms with van der Waals surface area (Å²) in [7, 11) is 1.66. The van der Waals surface area contributed by atoms with Gasteiger partial charge >= 0.3 is 0 Å². The third-order valence-corrected chi connectivity index (χ3v) is 5.34. The lowest BCUT2D eigenvalue weighted by Gasteiger charge is -2.34. The molecule has 1 saturated heterocycles. The number of carbonyl (C=O) groups is 1. The van der Waals surface area contributed by atoms with Gasteiger partial charge in [0.15, 0.2) is 0 Å². The molecule has 6 heteroatoms. The molecule has 4 nitrogen and oxygen atoms in total. The van der Waals surface area contributed by atoms with Crippen LogP contribution in [-0.4, -0.2) is 32.1 Å². The molecule has 3 rings (SSSR count). The fraction of sp³-hybridized carbons (Fsp3) is 0.316. The van der Waals surface area contributed by atoms with Crippen molar-refractivity contribution in [2.24, 2.45) is 0 Å². The zero-order chi connectivity index (χ0) is 17.8. The lowest BCUT2D eigenvalue weighted by molar-refractivity contribution is 0.0930. The van der Waals surface area contributed by atoms with E-state index in [1.165, 1.54) is 17.8 Å². The van der Waals surface area contributed by atoms with Gasteiger partial charge in [0.1, 0.15) is 11.6 Å². The van der Waals surface area contributed by atoms with Crippen molar-refractivity contribution < 1.29 is 13.9 Å². The van der Waals surface area contributed by atoms with Crippen molar-refractivity contribution in [2.45, 2.75) is 18.9 Å². The highest BCUT2D eigenvalue weighted by Gasteiger charge is 2.22. The van der Waals surface area contributed by atoms with Crippen LogP contribution in [0.25, 0.3) is 0 Å². The SMILES string of the molecule is COc1ccc(N2CCC(NC(=O)c3ccc(F)cc3I)CC2)cc1. The second kappa shape index (κ2) is 8.03. The molecule has 0 spiro atoms. The van der Waals surface area contributed by atoms with Gasteiger partial charge in [0, 0.05) is 28.4 Å². The molecule has 1 amide bonds. The van der Waals surface area contributed by atoms with Gasteiger partial charge in [-0.25, -0.2) is 4.39 Å². The summed E-state index contributed by atoms with van der Waals surface area (Å²) < 4.78 is 19.0. The van der Waals surface area contributed by atoms with Crippen LogP contribution in [-0.2, 0) is 0 Å². The van der Waals surface area contributed by atoms with Crippen LogP contribution in [0.4, 0.5) is 10.1 Å². The maximum Gasteiger partial charge on any atom is 0.252 e. The molecule has 2 aromatic carbocycles. The van der Waals surface area contributed by atoms with Crippen molar-refractivity contribution in [3.63, 3.8) is 0 Å². The van der Waals surface area contributed by atoms with Crippen LogP contribution >= 0.6 is 22.6 Å². The normalized spacial score (nSPS) is 15.1. The molecule has 0 radical (unpaired) electrons. The summed E-state index contributed by atoms with van der Waals surface area (Å²) in [4.78, 5) is 14.7. The quantitative estimate of drug-likeness (QED) is 0.715. The summed E-state index contributed by atoms with van der Waals surface area (Å²) in [6.45, 7) is 1.77. The Bertz CT molecular complexity index is 744. The number of hydrogen-bond donors (Lipinski definition) is 1. The Labute approximate surface area is 160 Å². The smallest absolute Gasteiger partial charge is 0.252 e. The average molecular weight is 454 g/mol. The van der Waals surface area contributed by atoms with Crippen LogP contribution in [0.2, 0.25) is 0 Å². The van der Waals surface area contributed by atoms with E-state index in [-0.39, 0.29) is 17.8 Å². The van der Waals surface area contributed by atoms with Gasteiger partial charge in [0.2, 0.25) is 0 Å². The van der Waals surface area contributed by atoms with Gasteiger partial charge in [0.05, 0.1) is 12.7 Å². The van der Waals surface area contributed by atoms with Crippen molar-refractivity contribution in [2.75, 3.05) is 25.1 Å².